The fourth-order valence-corrected chi connectivity index (χ4v) is 4.71. The smallest absolute Gasteiger partial charge is 0.352 e. The second kappa shape index (κ2) is 12.6. The van der Waals surface area contributed by atoms with Crippen molar-refractivity contribution in [3.05, 3.63) is 64.7 Å². The molecule has 0 unspecified atom stereocenters. The third-order valence-electron chi connectivity index (χ3n) is 5.81. The summed E-state index contributed by atoms with van der Waals surface area (Å²) in [4.78, 5) is 27.9. The number of nitrogens with one attached hydrogen (secondary N) is 1. The first-order chi connectivity index (χ1) is 17.2. The highest BCUT2D eigenvalue weighted by atomic mass is 35.5. The Morgan fingerprint density at radius 3 is 2.19 bits per heavy atom. The van der Waals surface area contributed by atoms with E-state index in [1.165, 1.54) is 4.90 Å². The molecule has 2 aromatic carbocycles. The quantitative estimate of drug-likeness (QED) is 0.425. The SMILES string of the molecule is CC[C@@H](C)NC(=O)[C@@H](CC)N(Cc1ccccc1)C(=O)CN(c1ccc(Cl)c(C(F)(F)F)c1)S(C)(=O)=O. The number of carbonyl (C=O) groups is 2. The Hall–Kier alpha value is -2.79. The van der Waals surface area contributed by atoms with Crippen LogP contribution in [0.15, 0.2) is 48.5 Å². The number of alkyl halides is 3. The van der Waals surface area contributed by atoms with Gasteiger partial charge in [-0.05, 0) is 43.5 Å². The average molecular weight is 562 g/mol. The van der Waals surface area contributed by atoms with Crippen LogP contribution in [0.3, 0.4) is 0 Å². The van der Waals surface area contributed by atoms with Gasteiger partial charge in [0.15, 0.2) is 0 Å². The Kier molecular flexibility index (Phi) is 10.4. The molecule has 2 amide bonds. The molecule has 0 fully saturated rings. The van der Waals surface area contributed by atoms with Gasteiger partial charge in [-0.2, -0.15) is 13.2 Å². The van der Waals surface area contributed by atoms with Crippen LogP contribution < -0.4 is 9.62 Å². The van der Waals surface area contributed by atoms with Gasteiger partial charge in [0.2, 0.25) is 21.8 Å². The summed E-state index contributed by atoms with van der Waals surface area (Å²) in [6, 6.07) is 10.3. The van der Waals surface area contributed by atoms with Crippen molar-refractivity contribution >= 4 is 39.1 Å². The molecule has 0 aliphatic rings. The molecule has 2 atom stereocenters. The summed E-state index contributed by atoms with van der Waals surface area (Å²) in [5.74, 6) is -1.15. The summed E-state index contributed by atoms with van der Waals surface area (Å²) in [5, 5.41) is 2.24. The number of anilines is 1. The molecular formula is C25H31ClF3N3O4S. The Labute approximate surface area is 220 Å². The fraction of sp³-hybridized carbons (Fsp3) is 0.440. The van der Waals surface area contributed by atoms with Crippen LogP contribution in [0.4, 0.5) is 18.9 Å². The maximum Gasteiger partial charge on any atom is 0.417 e. The van der Waals surface area contributed by atoms with Crippen LogP contribution in [-0.4, -0.2) is 50.0 Å². The van der Waals surface area contributed by atoms with Crippen molar-refractivity contribution in [2.45, 2.75) is 58.4 Å². The molecule has 0 aliphatic heterocycles. The zero-order chi connectivity index (χ0) is 28.0. The standard InChI is InChI=1S/C25H31ClF3N3O4S/c1-5-17(3)30-24(34)22(6-2)31(15-18-10-8-7-9-11-18)23(33)16-32(37(4,35)36)19-12-13-21(26)20(14-19)25(27,28)29/h7-14,17,22H,5-6,15-16H2,1-4H3,(H,30,34)/t17-,22-/m1/s1. The van der Waals surface area contributed by atoms with E-state index in [1.54, 1.807) is 37.3 Å². The first-order valence-electron chi connectivity index (χ1n) is 11.7. The van der Waals surface area contributed by atoms with Gasteiger partial charge in [0.25, 0.3) is 0 Å². The Morgan fingerprint density at radius 2 is 1.68 bits per heavy atom. The van der Waals surface area contributed by atoms with Gasteiger partial charge in [-0.25, -0.2) is 8.42 Å². The highest BCUT2D eigenvalue weighted by Crippen LogP contribution is 2.37. The lowest BCUT2D eigenvalue weighted by Crippen LogP contribution is -2.53. The molecule has 2 rings (SSSR count). The highest BCUT2D eigenvalue weighted by Gasteiger charge is 2.36. The predicted molar refractivity (Wildman–Crippen MR) is 138 cm³/mol. The van der Waals surface area contributed by atoms with Gasteiger partial charge in [0.1, 0.15) is 12.6 Å². The molecule has 0 saturated carbocycles. The zero-order valence-electron chi connectivity index (χ0n) is 21.0. The largest absolute Gasteiger partial charge is 0.417 e. The lowest BCUT2D eigenvalue weighted by molar-refractivity contribution is -0.140. The van der Waals surface area contributed by atoms with Crippen molar-refractivity contribution in [3.8, 4) is 0 Å². The third kappa shape index (κ3) is 8.36. The number of rotatable bonds is 11. The molecule has 0 spiro atoms. The number of nitrogens with zero attached hydrogens (tertiary/aromatic N) is 2. The lowest BCUT2D eigenvalue weighted by Gasteiger charge is -2.33. The molecule has 12 heteroatoms. The van der Waals surface area contributed by atoms with Crippen molar-refractivity contribution < 1.29 is 31.2 Å². The van der Waals surface area contributed by atoms with Crippen molar-refractivity contribution in [2.75, 3.05) is 17.1 Å². The van der Waals surface area contributed by atoms with E-state index in [4.69, 9.17) is 11.6 Å². The molecule has 0 heterocycles. The van der Waals surface area contributed by atoms with Gasteiger partial charge < -0.3 is 10.2 Å². The topological polar surface area (TPSA) is 86.8 Å². The summed E-state index contributed by atoms with van der Waals surface area (Å²) in [5.41, 5.74) is -0.903. The van der Waals surface area contributed by atoms with Gasteiger partial charge in [-0.15, -0.1) is 0 Å². The molecule has 0 bridgehead atoms. The number of halogens is 4. The van der Waals surface area contributed by atoms with Crippen molar-refractivity contribution in [1.29, 1.82) is 0 Å². The zero-order valence-corrected chi connectivity index (χ0v) is 22.6. The first kappa shape index (κ1) is 30.4. The minimum atomic E-state index is -4.83. The van der Waals surface area contributed by atoms with Crippen LogP contribution in [-0.2, 0) is 32.3 Å². The number of amides is 2. The molecule has 0 radical (unpaired) electrons. The normalized spacial score (nSPS) is 13.5. The maximum absolute atomic E-state index is 13.6. The average Bonchev–Trinajstić information content (AvgIpc) is 2.81. The molecule has 7 nitrogen and oxygen atoms in total. The number of benzene rings is 2. The van der Waals surface area contributed by atoms with E-state index in [0.717, 1.165) is 18.4 Å². The predicted octanol–water partition coefficient (Wildman–Crippen LogP) is 4.85. The van der Waals surface area contributed by atoms with E-state index in [0.29, 0.717) is 22.4 Å². The summed E-state index contributed by atoms with van der Waals surface area (Å²) in [7, 11) is -4.20. The summed E-state index contributed by atoms with van der Waals surface area (Å²) >= 11 is 5.69. The van der Waals surface area contributed by atoms with Crippen LogP contribution >= 0.6 is 11.6 Å². The Morgan fingerprint density at radius 1 is 1.05 bits per heavy atom. The minimum absolute atomic E-state index is 0.00186. The number of sulfonamides is 1. The molecule has 37 heavy (non-hydrogen) atoms. The van der Waals surface area contributed by atoms with Gasteiger partial charge >= 0.3 is 6.18 Å². The molecule has 1 N–H and O–H groups in total. The molecular weight excluding hydrogens is 531 g/mol. The van der Waals surface area contributed by atoms with Crippen LogP contribution in [0.1, 0.15) is 44.7 Å². The van der Waals surface area contributed by atoms with Gasteiger partial charge in [0, 0.05) is 12.6 Å². The molecule has 0 saturated heterocycles. The molecule has 0 aromatic heterocycles. The minimum Gasteiger partial charge on any atom is -0.352 e. The monoisotopic (exact) mass is 561 g/mol. The van der Waals surface area contributed by atoms with Crippen LogP contribution in [0.2, 0.25) is 5.02 Å². The second-order valence-corrected chi connectivity index (χ2v) is 11.0. The number of hydrogen-bond acceptors (Lipinski definition) is 4. The molecule has 2 aromatic rings. The van der Waals surface area contributed by atoms with E-state index >= 15 is 0 Å². The first-order valence-corrected chi connectivity index (χ1v) is 13.9. The summed E-state index contributed by atoms with van der Waals surface area (Å²) in [6.07, 6.45) is -3.15. The van der Waals surface area contributed by atoms with Gasteiger partial charge in [0.05, 0.1) is 22.5 Å². The summed E-state index contributed by atoms with van der Waals surface area (Å²) in [6.45, 7) is 4.62. The Bertz CT molecular complexity index is 1190. The number of hydrogen-bond donors (Lipinski definition) is 1. The third-order valence-corrected chi connectivity index (χ3v) is 7.28. The van der Waals surface area contributed by atoms with Gasteiger partial charge in [-0.1, -0.05) is 55.8 Å². The van der Waals surface area contributed by atoms with Crippen molar-refractivity contribution in [3.63, 3.8) is 0 Å². The second-order valence-electron chi connectivity index (χ2n) is 8.68. The van der Waals surface area contributed by atoms with Crippen molar-refractivity contribution in [2.24, 2.45) is 0 Å². The number of carbonyl (C=O) groups excluding carboxylic acids is 2. The van der Waals surface area contributed by atoms with E-state index < -0.39 is 51.2 Å². The van der Waals surface area contributed by atoms with Gasteiger partial charge in [-0.3, -0.25) is 13.9 Å². The van der Waals surface area contributed by atoms with Crippen LogP contribution in [0, 0.1) is 0 Å². The van der Waals surface area contributed by atoms with E-state index in [9.17, 15) is 31.2 Å². The Balaban J connectivity index is 2.50. The van der Waals surface area contributed by atoms with E-state index in [2.05, 4.69) is 5.32 Å². The highest BCUT2D eigenvalue weighted by molar-refractivity contribution is 7.92. The van der Waals surface area contributed by atoms with Crippen LogP contribution in [0.5, 0.6) is 0 Å². The van der Waals surface area contributed by atoms with Crippen molar-refractivity contribution in [1.82, 2.24) is 10.2 Å². The molecule has 0 aliphatic carbocycles. The fourth-order valence-electron chi connectivity index (χ4n) is 3.64. The molecule has 204 valence electrons. The van der Waals surface area contributed by atoms with Crippen LogP contribution in [0.25, 0.3) is 0 Å². The van der Waals surface area contributed by atoms with E-state index in [-0.39, 0.29) is 24.7 Å². The van der Waals surface area contributed by atoms with E-state index in [1.807, 2.05) is 13.8 Å². The summed E-state index contributed by atoms with van der Waals surface area (Å²) < 4.78 is 66.1. The maximum atomic E-state index is 13.6. The lowest BCUT2D eigenvalue weighted by atomic mass is 10.1.